The second kappa shape index (κ2) is 10.7. The molecule has 7 heteroatoms. The van der Waals surface area contributed by atoms with Crippen LogP contribution in [0.5, 0.6) is 5.75 Å². The number of hydrogen-bond donors (Lipinski definition) is 1. The molecule has 0 aliphatic rings. The van der Waals surface area contributed by atoms with Crippen LogP contribution >= 0.6 is 0 Å². The first-order valence-corrected chi connectivity index (χ1v) is 13.0. The van der Waals surface area contributed by atoms with Crippen molar-refractivity contribution < 1.29 is 17.9 Å². The van der Waals surface area contributed by atoms with E-state index in [9.17, 15) is 13.2 Å². The van der Waals surface area contributed by atoms with Gasteiger partial charge in [-0.3, -0.25) is 9.10 Å². The van der Waals surface area contributed by atoms with E-state index in [2.05, 4.69) is 26.1 Å². The topological polar surface area (TPSA) is 75.7 Å². The summed E-state index contributed by atoms with van der Waals surface area (Å²) in [6.07, 6.45) is 1.14. The maximum atomic E-state index is 12.9. The molecule has 1 N–H and O–H groups in total. The molecular formula is C27H32N2O4S. The molecule has 3 aromatic carbocycles. The highest BCUT2D eigenvalue weighted by Gasteiger charge is 2.23. The molecular weight excluding hydrogens is 448 g/mol. The fourth-order valence-corrected chi connectivity index (χ4v) is 4.39. The summed E-state index contributed by atoms with van der Waals surface area (Å²) in [6.45, 7) is 7.18. The van der Waals surface area contributed by atoms with Crippen LogP contribution in [0.25, 0.3) is 0 Å². The molecule has 0 atom stereocenters. The molecule has 0 radical (unpaired) electrons. The molecule has 0 unspecified atom stereocenters. The monoisotopic (exact) mass is 480 g/mol. The van der Waals surface area contributed by atoms with Gasteiger partial charge < -0.3 is 10.1 Å². The summed E-state index contributed by atoms with van der Waals surface area (Å²) < 4.78 is 32.2. The number of nitrogens with zero attached hydrogens (tertiary/aromatic N) is 1. The Hall–Kier alpha value is -3.32. The standard InChI is InChI=1S/C27H32N2O4S/c1-27(2,3)22-14-16-23(17-15-22)33-19-18-28-26(30)24-12-8-9-13-25(24)29(34(4,31)32)20-21-10-6-5-7-11-21/h5-17H,18-20H2,1-4H3,(H,28,30). The van der Waals surface area contributed by atoms with Crippen LogP contribution in [0.4, 0.5) is 5.69 Å². The highest BCUT2D eigenvalue weighted by Crippen LogP contribution is 2.26. The number of nitrogens with one attached hydrogen (secondary N) is 1. The van der Waals surface area contributed by atoms with Crippen LogP contribution in [-0.2, 0) is 22.0 Å². The molecule has 3 aromatic rings. The van der Waals surface area contributed by atoms with Gasteiger partial charge in [0.2, 0.25) is 10.0 Å². The Kier molecular flexibility index (Phi) is 7.99. The van der Waals surface area contributed by atoms with E-state index in [4.69, 9.17) is 4.74 Å². The number of carbonyl (C=O) groups excluding carboxylic acids is 1. The smallest absolute Gasteiger partial charge is 0.253 e. The first-order chi connectivity index (χ1) is 16.1. The number of ether oxygens (including phenoxy) is 1. The van der Waals surface area contributed by atoms with E-state index >= 15 is 0 Å². The molecule has 3 rings (SSSR count). The number of hydrogen-bond acceptors (Lipinski definition) is 4. The summed E-state index contributed by atoms with van der Waals surface area (Å²) in [5.41, 5.74) is 2.74. The van der Waals surface area contributed by atoms with Gasteiger partial charge in [0.25, 0.3) is 5.91 Å². The van der Waals surface area contributed by atoms with Crippen LogP contribution in [0.2, 0.25) is 0 Å². The van der Waals surface area contributed by atoms with Crippen molar-refractivity contribution in [2.24, 2.45) is 0 Å². The van der Waals surface area contributed by atoms with Crippen LogP contribution in [0.15, 0.2) is 78.9 Å². The zero-order valence-corrected chi connectivity index (χ0v) is 20.9. The predicted octanol–water partition coefficient (Wildman–Crippen LogP) is 4.76. The van der Waals surface area contributed by atoms with Crippen molar-refractivity contribution in [2.75, 3.05) is 23.7 Å². The first-order valence-electron chi connectivity index (χ1n) is 11.2. The van der Waals surface area contributed by atoms with E-state index < -0.39 is 10.0 Å². The molecule has 180 valence electrons. The van der Waals surface area contributed by atoms with E-state index in [0.29, 0.717) is 17.9 Å². The Balaban J connectivity index is 1.66. The van der Waals surface area contributed by atoms with Crippen LogP contribution in [0, 0.1) is 0 Å². The molecule has 0 heterocycles. The highest BCUT2D eigenvalue weighted by molar-refractivity contribution is 7.92. The quantitative estimate of drug-likeness (QED) is 0.448. The lowest BCUT2D eigenvalue weighted by Crippen LogP contribution is -2.33. The average Bonchev–Trinajstić information content (AvgIpc) is 2.80. The van der Waals surface area contributed by atoms with Crippen molar-refractivity contribution in [3.8, 4) is 5.75 Å². The van der Waals surface area contributed by atoms with Crippen LogP contribution in [0.3, 0.4) is 0 Å². The second-order valence-electron chi connectivity index (χ2n) is 9.15. The average molecular weight is 481 g/mol. The van der Waals surface area contributed by atoms with Gasteiger partial charge in [0, 0.05) is 0 Å². The number of carbonyl (C=O) groups is 1. The fraction of sp³-hybridized carbons (Fsp3) is 0.296. The summed E-state index contributed by atoms with van der Waals surface area (Å²) in [5, 5.41) is 2.83. The molecule has 0 aromatic heterocycles. The highest BCUT2D eigenvalue weighted by atomic mass is 32.2. The summed E-state index contributed by atoms with van der Waals surface area (Å²) >= 11 is 0. The summed E-state index contributed by atoms with van der Waals surface area (Å²) in [5.74, 6) is 0.373. The predicted molar refractivity (Wildman–Crippen MR) is 137 cm³/mol. The Morgan fingerprint density at radius 1 is 0.912 bits per heavy atom. The van der Waals surface area contributed by atoms with Crippen molar-refractivity contribution in [1.82, 2.24) is 5.32 Å². The van der Waals surface area contributed by atoms with Gasteiger partial charge in [-0.15, -0.1) is 0 Å². The Morgan fingerprint density at radius 3 is 2.15 bits per heavy atom. The zero-order valence-electron chi connectivity index (χ0n) is 20.1. The van der Waals surface area contributed by atoms with Gasteiger partial charge in [0.1, 0.15) is 12.4 Å². The number of rotatable bonds is 9. The molecule has 34 heavy (non-hydrogen) atoms. The van der Waals surface area contributed by atoms with Crippen LogP contribution < -0.4 is 14.4 Å². The van der Waals surface area contributed by atoms with E-state index in [1.807, 2.05) is 54.6 Å². The van der Waals surface area contributed by atoms with Crippen molar-refractivity contribution >= 4 is 21.6 Å². The molecule has 0 bridgehead atoms. The molecule has 0 saturated heterocycles. The molecule has 1 amide bonds. The van der Waals surface area contributed by atoms with Crippen molar-refractivity contribution in [3.05, 3.63) is 95.6 Å². The third-order valence-corrected chi connectivity index (χ3v) is 6.49. The minimum Gasteiger partial charge on any atom is -0.492 e. The van der Waals surface area contributed by atoms with Crippen molar-refractivity contribution in [2.45, 2.75) is 32.7 Å². The lowest BCUT2D eigenvalue weighted by atomic mass is 9.87. The van der Waals surface area contributed by atoms with Gasteiger partial charge in [-0.25, -0.2) is 8.42 Å². The van der Waals surface area contributed by atoms with Crippen molar-refractivity contribution in [3.63, 3.8) is 0 Å². The molecule has 0 aliphatic carbocycles. The van der Waals surface area contributed by atoms with Gasteiger partial charge in [-0.05, 0) is 40.8 Å². The third-order valence-electron chi connectivity index (χ3n) is 5.36. The molecule has 6 nitrogen and oxygen atoms in total. The Labute approximate surface area is 202 Å². The zero-order chi connectivity index (χ0) is 24.8. The second-order valence-corrected chi connectivity index (χ2v) is 11.1. The summed E-state index contributed by atoms with van der Waals surface area (Å²) in [7, 11) is -3.62. The molecule has 0 spiro atoms. The molecule has 0 aliphatic heterocycles. The number of para-hydroxylation sites is 1. The minimum absolute atomic E-state index is 0.0697. The Morgan fingerprint density at radius 2 is 1.53 bits per heavy atom. The summed E-state index contributed by atoms with van der Waals surface area (Å²) in [4.78, 5) is 12.9. The molecule has 0 fully saturated rings. The van der Waals surface area contributed by atoms with E-state index in [1.54, 1.807) is 24.3 Å². The van der Waals surface area contributed by atoms with Crippen LogP contribution in [-0.4, -0.2) is 33.7 Å². The van der Waals surface area contributed by atoms with E-state index in [0.717, 1.165) is 17.6 Å². The minimum atomic E-state index is -3.62. The Bertz CT molecular complexity index is 1200. The number of sulfonamides is 1. The van der Waals surface area contributed by atoms with Gasteiger partial charge in [0.15, 0.2) is 0 Å². The fourth-order valence-electron chi connectivity index (χ4n) is 3.49. The largest absolute Gasteiger partial charge is 0.492 e. The van der Waals surface area contributed by atoms with Gasteiger partial charge >= 0.3 is 0 Å². The maximum absolute atomic E-state index is 12.9. The normalized spacial score (nSPS) is 11.6. The number of amides is 1. The van der Waals surface area contributed by atoms with Crippen molar-refractivity contribution in [1.29, 1.82) is 0 Å². The number of benzene rings is 3. The van der Waals surface area contributed by atoms with Crippen LogP contribution in [0.1, 0.15) is 42.3 Å². The van der Waals surface area contributed by atoms with Gasteiger partial charge in [-0.2, -0.15) is 0 Å². The number of anilines is 1. The third kappa shape index (κ3) is 6.84. The first kappa shape index (κ1) is 25.3. The lowest BCUT2D eigenvalue weighted by Gasteiger charge is -2.24. The molecule has 0 saturated carbocycles. The summed E-state index contributed by atoms with van der Waals surface area (Å²) in [6, 6.07) is 23.9. The maximum Gasteiger partial charge on any atom is 0.253 e. The van der Waals surface area contributed by atoms with E-state index in [1.165, 1.54) is 9.87 Å². The van der Waals surface area contributed by atoms with E-state index in [-0.39, 0.29) is 24.4 Å². The lowest BCUT2D eigenvalue weighted by molar-refractivity contribution is 0.0947. The SMILES string of the molecule is CC(C)(C)c1ccc(OCCNC(=O)c2ccccc2N(Cc2ccccc2)S(C)(=O)=O)cc1. The van der Waals surface area contributed by atoms with Gasteiger partial charge in [0.05, 0.1) is 30.6 Å². The van der Waals surface area contributed by atoms with Gasteiger partial charge in [-0.1, -0.05) is 75.4 Å².